The van der Waals surface area contributed by atoms with E-state index >= 15 is 0 Å². The Bertz CT molecular complexity index is 520. The fourth-order valence-corrected chi connectivity index (χ4v) is 1.91. The molecule has 0 atom stereocenters. The maximum Gasteiger partial charge on any atom is 0.274 e. The van der Waals surface area contributed by atoms with E-state index in [4.69, 9.17) is 0 Å². The molecule has 0 aliphatic heterocycles. The van der Waals surface area contributed by atoms with Crippen LogP contribution in [0, 0.1) is 0 Å². The van der Waals surface area contributed by atoms with E-state index in [1.54, 1.807) is 4.68 Å². The zero-order valence-electron chi connectivity index (χ0n) is 8.69. The van der Waals surface area contributed by atoms with E-state index < -0.39 is 0 Å². The summed E-state index contributed by atoms with van der Waals surface area (Å²) in [6.07, 6.45) is 0. The molecule has 0 saturated heterocycles. The molecule has 0 bridgehead atoms. The highest BCUT2D eigenvalue weighted by Gasteiger charge is 2.10. The highest BCUT2D eigenvalue weighted by molar-refractivity contribution is 5.78. The summed E-state index contributed by atoms with van der Waals surface area (Å²) in [4.78, 5) is 11.8. The summed E-state index contributed by atoms with van der Waals surface area (Å²) in [5.41, 5.74) is 1.09. The highest BCUT2D eigenvalue weighted by atomic mass is 16.1. The Balaban J connectivity index is 2.95. The van der Waals surface area contributed by atoms with Crippen LogP contribution in [0.25, 0.3) is 10.9 Å². The van der Waals surface area contributed by atoms with Crippen LogP contribution in [0.15, 0.2) is 29.1 Å². The van der Waals surface area contributed by atoms with Crippen LogP contribution in [0.2, 0.25) is 0 Å². The molecule has 0 fully saturated rings. The third-order valence-corrected chi connectivity index (χ3v) is 2.49. The first kappa shape index (κ1) is 9.06. The van der Waals surface area contributed by atoms with E-state index in [0.29, 0.717) is 6.04 Å². The largest absolute Gasteiger partial charge is 0.280 e. The quantitative estimate of drug-likeness (QED) is 0.675. The SMILES string of the molecule is CC(C)n1c2ccccc2c(=O)n1C. The van der Waals surface area contributed by atoms with Crippen molar-refractivity contribution in [2.24, 2.45) is 7.05 Å². The van der Waals surface area contributed by atoms with E-state index in [0.717, 1.165) is 10.9 Å². The fraction of sp³-hybridized carbons (Fsp3) is 0.364. The highest BCUT2D eigenvalue weighted by Crippen LogP contribution is 2.14. The molecule has 0 aliphatic rings. The molecule has 2 rings (SSSR count). The van der Waals surface area contributed by atoms with Gasteiger partial charge >= 0.3 is 0 Å². The van der Waals surface area contributed by atoms with E-state index in [2.05, 4.69) is 13.8 Å². The predicted octanol–water partition coefficient (Wildman–Crippen LogP) is 1.92. The topological polar surface area (TPSA) is 26.9 Å². The first-order valence-electron chi connectivity index (χ1n) is 4.79. The van der Waals surface area contributed by atoms with Gasteiger partial charge < -0.3 is 0 Å². The van der Waals surface area contributed by atoms with Gasteiger partial charge in [0.15, 0.2) is 0 Å². The molecule has 0 saturated carbocycles. The van der Waals surface area contributed by atoms with Gasteiger partial charge in [-0.05, 0) is 26.0 Å². The number of nitrogens with zero attached hydrogens (tertiary/aromatic N) is 2. The maximum absolute atomic E-state index is 11.8. The summed E-state index contributed by atoms with van der Waals surface area (Å²) < 4.78 is 3.69. The zero-order valence-corrected chi connectivity index (χ0v) is 8.69. The van der Waals surface area contributed by atoms with Gasteiger partial charge in [-0.25, -0.2) is 0 Å². The lowest BCUT2D eigenvalue weighted by atomic mass is 10.2. The molecule has 2 aromatic rings. The van der Waals surface area contributed by atoms with Crippen molar-refractivity contribution >= 4 is 10.9 Å². The molecule has 1 aromatic carbocycles. The lowest BCUT2D eigenvalue weighted by molar-refractivity contribution is 0.458. The second-order valence-electron chi connectivity index (χ2n) is 3.78. The molecule has 0 amide bonds. The first-order valence-corrected chi connectivity index (χ1v) is 4.79. The standard InChI is InChI=1S/C11H14N2O/c1-8(2)13-10-7-5-4-6-9(10)11(14)12(13)3/h4-8H,1-3H3. The number of hydrogen-bond acceptors (Lipinski definition) is 1. The van der Waals surface area contributed by atoms with Crippen molar-refractivity contribution < 1.29 is 0 Å². The second kappa shape index (κ2) is 3.01. The minimum absolute atomic E-state index is 0.0781. The van der Waals surface area contributed by atoms with Crippen molar-refractivity contribution in [2.45, 2.75) is 19.9 Å². The first-order chi connectivity index (χ1) is 6.63. The molecule has 74 valence electrons. The average Bonchev–Trinajstić information content (AvgIpc) is 2.41. The van der Waals surface area contributed by atoms with Gasteiger partial charge in [-0.15, -0.1) is 0 Å². The minimum Gasteiger partial charge on any atom is -0.280 e. The monoisotopic (exact) mass is 190 g/mol. The van der Waals surface area contributed by atoms with Gasteiger partial charge in [0.2, 0.25) is 0 Å². The minimum atomic E-state index is 0.0781. The molecule has 3 nitrogen and oxygen atoms in total. The Morgan fingerprint density at radius 3 is 2.50 bits per heavy atom. The van der Waals surface area contributed by atoms with Crippen LogP contribution in [0.1, 0.15) is 19.9 Å². The van der Waals surface area contributed by atoms with Gasteiger partial charge in [0.25, 0.3) is 5.56 Å². The molecule has 14 heavy (non-hydrogen) atoms. The molecule has 0 radical (unpaired) electrons. The van der Waals surface area contributed by atoms with Crippen LogP contribution in [-0.4, -0.2) is 9.36 Å². The summed E-state index contributed by atoms with van der Waals surface area (Å²) in [5.74, 6) is 0. The van der Waals surface area contributed by atoms with Crippen molar-refractivity contribution in [2.75, 3.05) is 0 Å². The van der Waals surface area contributed by atoms with Crippen LogP contribution >= 0.6 is 0 Å². The third kappa shape index (κ3) is 1.09. The van der Waals surface area contributed by atoms with Gasteiger partial charge in [0, 0.05) is 13.1 Å². The smallest absolute Gasteiger partial charge is 0.274 e. The average molecular weight is 190 g/mol. The van der Waals surface area contributed by atoms with Gasteiger partial charge in [-0.2, -0.15) is 0 Å². The summed E-state index contributed by atoms with van der Waals surface area (Å²) in [7, 11) is 1.81. The Morgan fingerprint density at radius 1 is 1.21 bits per heavy atom. The van der Waals surface area contributed by atoms with Gasteiger partial charge in [-0.1, -0.05) is 12.1 Å². The molecule has 1 heterocycles. The van der Waals surface area contributed by atoms with Gasteiger partial charge in [-0.3, -0.25) is 14.2 Å². The molecule has 0 spiro atoms. The normalized spacial score (nSPS) is 11.4. The summed E-state index contributed by atoms with van der Waals surface area (Å²) in [6, 6.07) is 8.01. The Hall–Kier alpha value is -1.51. The van der Waals surface area contributed by atoms with Gasteiger partial charge in [0.1, 0.15) is 0 Å². The zero-order chi connectivity index (χ0) is 10.3. The number of para-hydroxylation sites is 1. The Kier molecular flexibility index (Phi) is 1.95. The molecule has 0 N–H and O–H groups in total. The van der Waals surface area contributed by atoms with Crippen LogP contribution in [0.3, 0.4) is 0 Å². The second-order valence-corrected chi connectivity index (χ2v) is 3.78. The van der Waals surface area contributed by atoms with Crippen molar-refractivity contribution in [1.29, 1.82) is 0 Å². The molecular formula is C11H14N2O. The van der Waals surface area contributed by atoms with Crippen LogP contribution < -0.4 is 5.56 Å². The van der Waals surface area contributed by atoms with Crippen LogP contribution in [0.5, 0.6) is 0 Å². The van der Waals surface area contributed by atoms with E-state index in [9.17, 15) is 4.79 Å². The molecule has 0 unspecified atom stereocenters. The predicted molar refractivity (Wildman–Crippen MR) is 57.6 cm³/mol. The summed E-state index contributed by atoms with van der Waals surface area (Å²) in [6.45, 7) is 4.15. The van der Waals surface area contributed by atoms with E-state index in [1.165, 1.54) is 0 Å². The maximum atomic E-state index is 11.8. The van der Waals surface area contributed by atoms with Crippen molar-refractivity contribution in [3.8, 4) is 0 Å². The molecular weight excluding hydrogens is 176 g/mol. The molecule has 0 aliphatic carbocycles. The number of hydrogen-bond donors (Lipinski definition) is 0. The number of aromatic nitrogens is 2. The fourth-order valence-electron chi connectivity index (χ4n) is 1.91. The lowest BCUT2D eigenvalue weighted by Crippen LogP contribution is -2.20. The summed E-state index contributed by atoms with van der Waals surface area (Å²) in [5, 5.41) is 0.795. The van der Waals surface area contributed by atoms with Gasteiger partial charge in [0.05, 0.1) is 10.9 Å². The van der Waals surface area contributed by atoms with E-state index in [-0.39, 0.29) is 5.56 Å². The molecule has 3 heteroatoms. The number of rotatable bonds is 1. The van der Waals surface area contributed by atoms with Crippen LogP contribution in [0.4, 0.5) is 0 Å². The Morgan fingerprint density at radius 2 is 1.86 bits per heavy atom. The van der Waals surface area contributed by atoms with Crippen LogP contribution in [-0.2, 0) is 7.05 Å². The number of fused-ring (bicyclic) bond motifs is 1. The summed E-state index contributed by atoms with van der Waals surface area (Å²) >= 11 is 0. The van der Waals surface area contributed by atoms with Crippen molar-refractivity contribution in [3.63, 3.8) is 0 Å². The molecule has 1 aromatic heterocycles. The van der Waals surface area contributed by atoms with Crippen molar-refractivity contribution in [1.82, 2.24) is 9.36 Å². The third-order valence-electron chi connectivity index (χ3n) is 2.49. The van der Waals surface area contributed by atoms with Crippen molar-refractivity contribution in [3.05, 3.63) is 34.6 Å². The number of benzene rings is 1. The van der Waals surface area contributed by atoms with E-state index in [1.807, 2.05) is 36.0 Å². The Labute approximate surface area is 82.6 Å². The lowest BCUT2D eigenvalue weighted by Gasteiger charge is -2.12.